The minimum atomic E-state index is 0.0568. The quantitative estimate of drug-likeness (QED) is 0.487. The molecule has 54 valence electrons. The fraction of sp³-hybridized carbons (Fsp3) is 0.500. The summed E-state index contributed by atoms with van der Waals surface area (Å²) in [6.45, 7) is 6.14. The fourth-order valence-corrected chi connectivity index (χ4v) is 0.680. The number of hydrogen-bond donors (Lipinski definition) is 0. The Labute approximate surface area is 61.4 Å². The van der Waals surface area contributed by atoms with Crippen molar-refractivity contribution >= 4 is 11.9 Å². The first-order valence-electron chi connectivity index (χ1n) is 3.38. The molecule has 0 atom stereocenters. The van der Waals surface area contributed by atoms with Gasteiger partial charge in [0.15, 0.2) is 0 Å². The molecule has 0 radical (unpaired) electrons. The normalized spacial score (nSPS) is 22.1. The molecule has 1 heterocycles. The molecule has 0 aromatic carbocycles. The van der Waals surface area contributed by atoms with Gasteiger partial charge in [-0.25, -0.2) is 0 Å². The highest BCUT2D eigenvalue weighted by Gasteiger charge is 2.10. The summed E-state index contributed by atoms with van der Waals surface area (Å²) in [4.78, 5) is 0. The van der Waals surface area contributed by atoms with Crippen LogP contribution in [0.4, 0.5) is 0 Å². The Morgan fingerprint density at radius 2 is 2.10 bits per heavy atom. The van der Waals surface area contributed by atoms with Gasteiger partial charge in [0.25, 0.3) is 0 Å². The molecule has 10 heavy (non-hydrogen) atoms. The second-order valence-corrected chi connectivity index (χ2v) is 3.14. The third-order valence-electron chi connectivity index (χ3n) is 1.36. The molecule has 0 aromatic rings. The highest BCUT2D eigenvalue weighted by Crippen LogP contribution is 2.15. The van der Waals surface area contributed by atoms with Gasteiger partial charge in [-0.1, -0.05) is 19.9 Å². The van der Waals surface area contributed by atoms with Crippen molar-refractivity contribution in [1.82, 2.24) is 0 Å². The Morgan fingerprint density at radius 1 is 1.40 bits per heavy atom. The summed E-state index contributed by atoms with van der Waals surface area (Å²) in [6, 6.07) is 0. The third-order valence-corrected chi connectivity index (χ3v) is 1.36. The van der Waals surface area contributed by atoms with Crippen LogP contribution in [0.2, 0.25) is 0 Å². The van der Waals surface area contributed by atoms with E-state index in [9.17, 15) is 0 Å². The summed E-state index contributed by atoms with van der Waals surface area (Å²) in [7, 11) is 0. The van der Waals surface area contributed by atoms with E-state index in [1.807, 2.05) is 19.2 Å². The maximum atomic E-state index is 3.92. The zero-order valence-electron chi connectivity index (χ0n) is 6.63. The molecular weight excluding hydrogens is 124 g/mol. The van der Waals surface area contributed by atoms with E-state index in [1.54, 1.807) is 0 Å². The van der Waals surface area contributed by atoms with E-state index in [1.165, 1.54) is 0 Å². The van der Waals surface area contributed by atoms with E-state index in [-0.39, 0.29) is 5.41 Å². The van der Waals surface area contributed by atoms with Gasteiger partial charge >= 0.3 is 0 Å². The molecule has 0 amide bonds. The van der Waals surface area contributed by atoms with Crippen LogP contribution < -0.4 is 0 Å². The van der Waals surface area contributed by atoms with Crippen LogP contribution in [0.3, 0.4) is 0 Å². The summed E-state index contributed by atoms with van der Waals surface area (Å²) in [5.74, 6) is 0. The standard InChI is InChI=1S/C8H12N2/c1-7-4-5-8(2,3)6-9-10-7/h4-6H,1-3H3. The van der Waals surface area contributed by atoms with Crippen LogP contribution in [-0.2, 0) is 0 Å². The largest absolute Gasteiger partial charge is 0.162 e. The fourth-order valence-electron chi connectivity index (χ4n) is 0.680. The molecule has 0 saturated carbocycles. The van der Waals surface area contributed by atoms with Crippen molar-refractivity contribution in [3.8, 4) is 0 Å². The van der Waals surface area contributed by atoms with Gasteiger partial charge in [0, 0.05) is 11.6 Å². The van der Waals surface area contributed by atoms with Crippen LogP contribution >= 0.6 is 0 Å². The lowest BCUT2D eigenvalue weighted by Gasteiger charge is -2.09. The zero-order valence-corrected chi connectivity index (χ0v) is 6.63. The Balaban J connectivity index is 2.88. The van der Waals surface area contributed by atoms with Crippen LogP contribution in [0.1, 0.15) is 20.8 Å². The lowest BCUT2D eigenvalue weighted by Crippen LogP contribution is -2.07. The SMILES string of the molecule is CC1=NN=CC(C)(C)C=C1. The van der Waals surface area contributed by atoms with Gasteiger partial charge in [0.2, 0.25) is 0 Å². The first kappa shape index (κ1) is 7.19. The lowest BCUT2D eigenvalue weighted by molar-refractivity contribution is 0.693. The Morgan fingerprint density at radius 3 is 2.80 bits per heavy atom. The molecule has 0 unspecified atom stereocenters. The summed E-state index contributed by atoms with van der Waals surface area (Å²) in [5, 5.41) is 7.82. The molecule has 1 aliphatic rings. The van der Waals surface area contributed by atoms with Gasteiger partial charge in [-0.2, -0.15) is 10.2 Å². The van der Waals surface area contributed by atoms with Crippen molar-refractivity contribution in [3.05, 3.63) is 12.2 Å². The first-order valence-corrected chi connectivity index (χ1v) is 3.38. The average molecular weight is 136 g/mol. The second kappa shape index (κ2) is 2.37. The van der Waals surface area contributed by atoms with Gasteiger partial charge in [0.05, 0.1) is 5.71 Å². The van der Waals surface area contributed by atoms with E-state index in [2.05, 4.69) is 30.1 Å². The Kier molecular flexibility index (Phi) is 1.70. The van der Waals surface area contributed by atoms with Gasteiger partial charge in [-0.15, -0.1) is 0 Å². The van der Waals surface area contributed by atoms with Gasteiger partial charge < -0.3 is 0 Å². The summed E-state index contributed by atoms with van der Waals surface area (Å²) >= 11 is 0. The lowest BCUT2D eigenvalue weighted by atomic mass is 9.95. The van der Waals surface area contributed by atoms with Gasteiger partial charge in [-0.3, -0.25) is 0 Å². The Hall–Kier alpha value is -0.920. The molecule has 1 aliphatic heterocycles. The number of nitrogens with zero attached hydrogens (tertiary/aromatic N) is 2. The molecule has 2 nitrogen and oxygen atoms in total. The van der Waals surface area contributed by atoms with Crippen molar-refractivity contribution in [1.29, 1.82) is 0 Å². The minimum Gasteiger partial charge on any atom is -0.162 e. The van der Waals surface area contributed by atoms with E-state index >= 15 is 0 Å². The van der Waals surface area contributed by atoms with Crippen LogP contribution in [0.15, 0.2) is 22.4 Å². The molecule has 1 rings (SSSR count). The van der Waals surface area contributed by atoms with E-state index < -0.39 is 0 Å². The predicted molar refractivity (Wildman–Crippen MR) is 44.5 cm³/mol. The maximum Gasteiger partial charge on any atom is 0.0596 e. The number of allylic oxidation sites excluding steroid dienone is 2. The van der Waals surface area contributed by atoms with Crippen molar-refractivity contribution in [2.75, 3.05) is 0 Å². The van der Waals surface area contributed by atoms with E-state index in [0.29, 0.717) is 0 Å². The van der Waals surface area contributed by atoms with Crippen LogP contribution in [0.25, 0.3) is 0 Å². The minimum absolute atomic E-state index is 0.0568. The molecule has 0 N–H and O–H groups in total. The van der Waals surface area contributed by atoms with Gasteiger partial charge in [0.1, 0.15) is 0 Å². The van der Waals surface area contributed by atoms with E-state index in [0.717, 1.165) is 5.71 Å². The molecule has 2 heteroatoms. The number of rotatable bonds is 0. The molecule has 0 spiro atoms. The number of hydrogen-bond acceptors (Lipinski definition) is 2. The smallest absolute Gasteiger partial charge is 0.0596 e. The summed E-state index contributed by atoms with van der Waals surface area (Å²) in [6.07, 6.45) is 5.94. The predicted octanol–water partition coefficient (Wildman–Crippen LogP) is 2.03. The third kappa shape index (κ3) is 1.79. The Bertz CT molecular complexity index is 209. The van der Waals surface area contributed by atoms with Gasteiger partial charge in [-0.05, 0) is 13.0 Å². The van der Waals surface area contributed by atoms with Crippen molar-refractivity contribution in [2.24, 2.45) is 15.6 Å². The molecule has 0 bridgehead atoms. The molecule has 0 aliphatic carbocycles. The highest BCUT2D eigenvalue weighted by molar-refractivity contribution is 5.94. The second-order valence-electron chi connectivity index (χ2n) is 3.14. The first-order chi connectivity index (χ1) is 4.60. The van der Waals surface area contributed by atoms with E-state index in [4.69, 9.17) is 0 Å². The van der Waals surface area contributed by atoms with Crippen molar-refractivity contribution in [3.63, 3.8) is 0 Å². The van der Waals surface area contributed by atoms with Crippen LogP contribution in [-0.4, -0.2) is 11.9 Å². The maximum absolute atomic E-state index is 3.92. The topological polar surface area (TPSA) is 24.7 Å². The van der Waals surface area contributed by atoms with Crippen molar-refractivity contribution < 1.29 is 0 Å². The molecule has 0 aromatic heterocycles. The highest BCUT2D eigenvalue weighted by atomic mass is 15.2. The monoisotopic (exact) mass is 136 g/mol. The van der Waals surface area contributed by atoms with Crippen LogP contribution in [0.5, 0.6) is 0 Å². The molecular formula is C8H12N2. The average Bonchev–Trinajstić information content (AvgIpc) is 1.94. The molecule has 0 fully saturated rings. The van der Waals surface area contributed by atoms with Crippen LogP contribution in [0, 0.1) is 5.41 Å². The molecule has 0 saturated heterocycles. The zero-order chi connectivity index (χ0) is 7.61. The summed E-state index contributed by atoms with van der Waals surface area (Å²) < 4.78 is 0. The summed E-state index contributed by atoms with van der Waals surface area (Å²) in [5.41, 5.74) is 1.02. The van der Waals surface area contributed by atoms with Crippen molar-refractivity contribution in [2.45, 2.75) is 20.8 Å².